The Labute approximate surface area is 106 Å². The summed E-state index contributed by atoms with van der Waals surface area (Å²) in [7, 11) is 0. The molecule has 17 heavy (non-hydrogen) atoms. The highest BCUT2D eigenvalue weighted by atomic mass is 35.5. The van der Waals surface area contributed by atoms with Gasteiger partial charge in [-0.15, -0.1) is 0 Å². The molecule has 0 saturated carbocycles. The summed E-state index contributed by atoms with van der Waals surface area (Å²) >= 11 is 6.31. The van der Waals surface area contributed by atoms with Crippen LogP contribution < -0.4 is 15.2 Å². The van der Waals surface area contributed by atoms with Gasteiger partial charge < -0.3 is 15.2 Å². The van der Waals surface area contributed by atoms with Gasteiger partial charge in [0, 0.05) is 29.1 Å². The van der Waals surface area contributed by atoms with Crippen molar-refractivity contribution >= 4 is 11.6 Å². The molecule has 0 radical (unpaired) electrons. The third-order valence-electron chi connectivity index (χ3n) is 3.44. The summed E-state index contributed by atoms with van der Waals surface area (Å²) in [6.07, 6.45) is 3.96. The zero-order valence-corrected chi connectivity index (χ0v) is 10.4. The predicted octanol–water partition coefficient (Wildman–Crippen LogP) is 2.84. The van der Waals surface area contributed by atoms with Crippen molar-refractivity contribution in [1.82, 2.24) is 0 Å². The van der Waals surface area contributed by atoms with Crippen LogP contribution in [0.1, 0.15) is 36.4 Å². The van der Waals surface area contributed by atoms with Crippen LogP contribution in [-0.4, -0.2) is 13.2 Å². The normalized spacial score (nSPS) is 22.8. The molecule has 1 aliphatic heterocycles. The molecule has 1 aromatic rings. The highest BCUT2D eigenvalue weighted by Gasteiger charge is 2.27. The maximum Gasteiger partial charge on any atom is 0.166 e. The fourth-order valence-corrected chi connectivity index (χ4v) is 2.92. The second kappa shape index (κ2) is 4.39. The minimum atomic E-state index is 0.0212. The first kappa shape index (κ1) is 11.2. The number of rotatable bonds is 0. The summed E-state index contributed by atoms with van der Waals surface area (Å²) in [5, 5.41) is 0.763. The van der Waals surface area contributed by atoms with Crippen molar-refractivity contribution in [2.75, 3.05) is 13.2 Å². The molecule has 3 nitrogen and oxygen atoms in total. The third kappa shape index (κ3) is 1.87. The van der Waals surface area contributed by atoms with Crippen LogP contribution in [0.4, 0.5) is 0 Å². The molecule has 0 saturated heterocycles. The van der Waals surface area contributed by atoms with Gasteiger partial charge in [-0.1, -0.05) is 11.6 Å². The Kier molecular flexibility index (Phi) is 2.89. The van der Waals surface area contributed by atoms with Crippen molar-refractivity contribution in [2.45, 2.75) is 31.7 Å². The first-order valence-corrected chi connectivity index (χ1v) is 6.51. The lowest BCUT2D eigenvalue weighted by atomic mass is 9.87. The van der Waals surface area contributed by atoms with Crippen molar-refractivity contribution in [3.05, 3.63) is 22.2 Å². The fraction of sp³-hybridized carbons (Fsp3) is 0.538. The summed E-state index contributed by atoms with van der Waals surface area (Å²) in [4.78, 5) is 0. The van der Waals surface area contributed by atoms with Gasteiger partial charge in [0.05, 0.1) is 13.2 Å². The van der Waals surface area contributed by atoms with E-state index in [4.69, 9.17) is 26.8 Å². The Morgan fingerprint density at radius 2 is 2.06 bits per heavy atom. The topological polar surface area (TPSA) is 44.5 Å². The lowest BCUT2D eigenvalue weighted by molar-refractivity contribution is 0.295. The van der Waals surface area contributed by atoms with Gasteiger partial charge in [-0.05, 0) is 24.8 Å². The van der Waals surface area contributed by atoms with E-state index >= 15 is 0 Å². The van der Waals surface area contributed by atoms with Crippen molar-refractivity contribution in [3.63, 3.8) is 0 Å². The summed E-state index contributed by atoms with van der Waals surface area (Å²) in [6, 6.07) is 1.90. The van der Waals surface area contributed by atoms with Gasteiger partial charge in [-0.2, -0.15) is 0 Å². The van der Waals surface area contributed by atoms with Crippen molar-refractivity contribution in [3.8, 4) is 11.5 Å². The Balaban J connectivity index is 2.18. The fourth-order valence-electron chi connectivity index (χ4n) is 2.63. The predicted molar refractivity (Wildman–Crippen MR) is 66.9 cm³/mol. The lowest BCUT2D eigenvalue weighted by Crippen LogP contribution is -2.19. The van der Waals surface area contributed by atoms with E-state index in [0.29, 0.717) is 13.2 Å². The van der Waals surface area contributed by atoms with Crippen molar-refractivity contribution in [2.24, 2.45) is 5.73 Å². The molecular formula is C13H16ClNO2. The molecule has 1 atom stereocenters. The maximum atomic E-state index is 6.31. The molecule has 1 aliphatic carbocycles. The maximum absolute atomic E-state index is 6.31. The van der Waals surface area contributed by atoms with E-state index in [1.807, 2.05) is 6.07 Å². The molecule has 2 aliphatic rings. The zero-order valence-electron chi connectivity index (χ0n) is 9.67. The van der Waals surface area contributed by atoms with E-state index in [0.717, 1.165) is 53.3 Å². The number of hydrogen-bond acceptors (Lipinski definition) is 3. The molecule has 0 fully saturated rings. The molecular weight excluding hydrogens is 238 g/mol. The van der Waals surface area contributed by atoms with Gasteiger partial charge in [0.1, 0.15) is 0 Å². The van der Waals surface area contributed by atoms with Crippen LogP contribution in [0.2, 0.25) is 5.02 Å². The largest absolute Gasteiger partial charge is 0.489 e. The van der Waals surface area contributed by atoms with E-state index in [9.17, 15) is 0 Å². The molecule has 3 rings (SSSR count). The van der Waals surface area contributed by atoms with Gasteiger partial charge in [-0.25, -0.2) is 0 Å². The highest BCUT2D eigenvalue weighted by Crippen LogP contribution is 2.45. The quantitative estimate of drug-likeness (QED) is 0.773. The number of halogens is 1. The number of fused-ring (bicyclic) bond motifs is 3. The van der Waals surface area contributed by atoms with E-state index in [1.54, 1.807) is 0 Å². The van der Waals surface area contributed by atoms with E-state index in [1.165, 1.54) is 0 Å². The number of nitrogens with two attached hydrogens (primary N) is 1. The van der Waals surface area contributed by atoms with Gasteiger partial charge >= 0.3 is 0 Å². The lowest BCUT2D eigenvalue weighted by Gasteiger charge is -2.26. The van der Waals surface area contributed by atoms with Crippen LogP contribution in [0.15, 0.2) is 6.07 Å². The average molecular weight is 254 g/mol. The molecule has 1 heterocycles. The van der Waals surface area contributed by atoms with Crippen LogP contribution in [-0.2, 0) is 6.42 Å². The molecule has 0 aromatic heterocycles. The molecule has 1 unspecified atom stereocenters. The second-order valence-electron chi connectivity index (χ2n) is 4.63. The first-order chi connectivity index (χ1) is 8.27. The minimum absolute atomic E-state index is 0.0212. The van der Waals surface area contributed by atoms with Gasteiger partial charge in [0.25, 0.3) is 0 Å². The number of ether oxygens (including phenoxy) is 2. The summed E-state index contributed by atoms with van der Waals surface area (Å²) in [5.41, 5.74) is 8.41. The van der Waals surface area contributed by atoms with Gasteiger partial charge in [-0.3, -0.25) is 0 Å². The summed E-state index contributed by atoms with van der Waals surface area (Å²) in [5.74, 6) is 1.58. The van der Waals surface area contributed by atoms with Crippen LogP contribution >= 0.6 is 11.6 Å². The van der Waals surface area contributed by atoms with Crippen molar-refractivity contribution in [1.29, 1.82) is 0 Å². The zero-order chi connectivity index (χ0) is 11.8. The molecule has 4 heteroatoms. The van der Waals surface area contributed by atoms with Crippen LogP contribution in [0.5, 0.6) is 11.5 Å². The average Bonchev–Trinajstić information content (AvgIpc) is 2.55. The van der Waals surface area contributed by atoms with Crippen LogP contribution in [0.25, 0.3) is 0 Å². The van der Waals surface area contributed by atoms with E-state index < -0.39 is 0 Å². The Morgan fingerprint density at radius 3 is 2.94 bits per heavy atom. The van der Waals surface area contributed by atoms with Gasteiger partial charge in [0.15, 0.2) is 11.5 Å². The third-order valence-corrected chi connectivity index (χ3v) is 3.78. The molecule has 1 aromatic carbocycles. The second-order valence-corrected chi connectivity index (χ2v) is 5.03. The SMILES string of the molecule is NC1CCCc2c(Cl)cc3c(c21)OCCCO3. The highest BCUT2D eigenvalue weighted by molar-refractivity contribution is 6.31. The van der Waals surface area contributed by atoms with Gasteiger partial charge in [0.2, 0.25) is 0 Å². The minimum Gasteiger partial charge on any atom is -0.489 e. The summed E-state index contributed by atoms with van der Waals surface area (Å²) in [6.45, 7) is 1.37. The molecule has 92 valence electrons. The molecule has 0 amide bonds. The van der Waals surface area contributed by atoms with Crippen LogP contribution in [0, 0.1) is 0 Å². The van der Waals surface area contributed by atoms with E-state index in [-0.39, 0.29) is 6.04 Å². The first-order valence-electron chi connectivity index (χ1n) is 6.14. The number of benzene rings is 1. The molecule has 0 spiro atoms. The molecule has 2 N–H and O–H groups in total. The Bertz CT molecular complexity index is 448. The van der Waals surface area contributed by atoms with Crippen LogP contribution in [0.3, 0.4) is 0 Å². The Morgan fingerprint density at radius 1 is 1.24 bits per heavy atom. The summed E-state index contributed by atoms with van der Waals surface area (Å²) < 4.78 is 11.5. The monoisotopic (exact) mass is 253 g/mol. The Hall–Kier alpha value is -0.930. The van der Waals surface area contributed by atoms with Crippen molar-refractivity contribution < 1.29 is 9.47 Å². The number of hydrogen-bond donors (Lipinski definition) is 1. The molecule has 0 bridgehead atoms. The standard InChI is InChI=1S/C13H16ClNO2/c14-9-7-11-13(17-6-2-5-16-11)12-8(9)3-1-4-10(12)15/h7,10H,1-6,15H2. The van der Waals surface area contributed by atoms with E-state index in [2.05, 4.69) is 0 Å². The smallest absolute Gasteiger partial charge is 0.166 e.